The van der Waals surface area contributed by atoms with E-state index in [0.29, 0.717) is 17.7 Å². The Bertz CT molecular complexity index is 657. The van der Waals surface area contributed by atoms with E-state index in [1.807, 2.05) is 6.92 Å². The van der Waals surface area contributed by atoms with Crippen molar-refractivity contribution in [3.8, 4) is 5.95 Å². The first kappa shape index (κ1) is 12.0. The molecule has 0 aliphatic rings. The summed E-state index contributed by atoms with van der Waals surface area (Å²) >= 11 is 0. The highest BCUT2D eigenvalue weighted by molar-refractivity contribution is 5.85. The van der Waals surface area contributed by atoms with Crippen molar-refractivity contribution in [1.82, 2.24) is 19.5 Å². The van der Waals surface area contributed by atoms with E-state index >= 15 is 0 Å². The topological polar surface area (TPSA) is 101 Å². The average molecular weight is 248 g/mol. The molecule has 0 saturated carbocycles. The van der Waals surface area contributed by atoms with Crippen LogP contribution in [0.5, 0.6) is 0 Å². The maximum Gasteiger partial charge on any atom is 0.356 e. The molecule has 0 aliphatic carbocycles. The van der Waals surface area contributed by atoms with Crippen LogP contribution in [0.15, 0.2) is 17.3 Å². The summed E-state index contributed by atoms with van der Waals surface area (Å²) in [6.45, 7) is 3.62. The minimum absolute atomic E-state index is 0.102. The molecule has 0 amide bonds. The van der Waals surface area contributed by atoms with Crippen LogP contribution >= 0.6 is 0 Å². The molecule has 2 aromatic rings. The summed E-state index contributed by atoms with van der Waals surface area (Å²) in [7, 11) is 0. The van der Waals surface area contributed by atoms with Gasteiger partial charge in [-0.05, 0) is 13.3 Å². The van der Waals surface area contributed by atoms with E-state index in [2.05, 4.69) is 15.0 Å². The predicted molar refractivity (Wildman–Crippen MR) is 63.1 cm³/mol. The first-order chi connectivity index (χ1) is 8.52. The number of carboxylic acid groups (broad SMARTS) is 1. The Kier molecular flexibility index (Phi) is 2.97. The number of carbonyl (C=O) groups is 1. The number of rotatable bonds is 3. The van der Waals surface area contributed by atoms with Crippen LogP contribution in [0.1, 0.15) is 28.7 Å². The van der Waals surface area contributed by atoms with E-state index in [1.165, 1.54) is 17.1 Å². The van der Waals surface area contributed by atoms with Gasteiger partial charge in [0.25, 0.3) is 5.56 Å². The van der Waals surface area contributed by atoms with Crippen molar-refractivity contribution in [2.75, 3.05) is 0 Å². The van der Waals surface area contributed by atoms with Gasteiger partial charge in [-0.25, -0.2) is 14.8 Å². The zero-order valence-corrected chi connectivity index (χ0v) is 9.97. The Morgan fingerprint density at radius 2 is 2.28 bits per heavy atom. The maximum absolute atomic E-state index is 11.8. The molecule has 7 nitrogen and oxygen atoms in total. The number of aromatic carboxylic acids is 1. The lowest BCUT2D eigenvalue weighted by molar-refractivity contribution is 0.0691. The van der Waals surface area contributed by atoms with E-state index in [4.69, 9.17) is 5.11 Å². The smallest absolute Gasteiger partial charge is 0.356 e. The Morgan fingerprint density at radius 3 is 2.78 bits per heavy atom. The van der Waals surface area contributed by atoms with Crippen molar-refractivity contribution >= 4 is 5.97 Å². The lowest BCUT2D eigenvalue weighted by Crippen LogP contribution is -2.18. The summed E-state index contributed by atoms with van der Waals surface area (Å²) in [6.07, 6.45) is 3.19. The fourth-order valence-electron chi connectivity index (χ4n) is 1.68. The highest BCUT2D eigenvalue weighted by atomic mass is 16.4. The van der Waals surface area contributed by atoms with Gasteiger partial charge in [0.05, 0.1) is 0 Å². The monoisotopic (exact) mass is 248 g/mol. The Hall–Kier alpha value is -2.44. The molecule has 2 N–H and O–H groups in total. The second-order valence-electron chi connectivity index (χ2n) is 3.78. The van der Waals surface area contributed by atoms with Crippen LogP contribution in [0.3, 0.4) is 0 Å². The summed E-state index contributed by atoms with van der Waals surface area (Å²) in [4.78, 5) is 33.0. The summed E-state index contributed by atoms with van der Waals surface area (Å²) < 4.78 is 1.37. The predicted octanol–water partition coefficient (Wildman–Crippen LogP) is 0.525. The lowest BCUT2D eigenvalue weighted by Gasteiger charge is -2.05. The van der Waals surface area contributed by atoms with E-state index in [-0.39, 0.29) is 17.2 Å². The number of imidazole rings is 1. The number of hydrogen-bond acceptors (Lipinski definition) is 4. The molecular weight excluding hydrogens is 236 g/mol. The molecule has 2 rings (SSSR count). The van der Waals surface area contributed by atoms with Gasteiger partial charge in [0, 0.05) is 17.5 Å². The molecular formula is C11H12N4O3. The van der Waals surface area contributed by atoms with E-state index in [9.17, 15) is 9.59 Å². The van der Waals surface area contributed by atoms with Crippen molar-refractivity contribution < 1.29 is 9.90 Å². The van der Waals surface area contributed by atoms with Gasteiger partial charge in [0.15, 0.2) is 5.69 Å². The molecule has 0 aromatic carbocycles. The van der Waals surface area contributed by atoms with Gasteiger partial charge in [-0.1, -0.05) is 6.92 Å². The molecule has 0 aliphatic heterocycles. The van der Waals surface area contributed by atoms with Gasteiger partial charge >= 0.3 is 5.97 Å². The van der Waals surface area contributed by atoms with Gasteiger partial charge < -0.3 is 5.11 Å². The normalized spacial score (nSPS) is 10.6. The lowest BCUT2D eigenvalue weighted by atomic mass is 10.2. The molecule has 0 atom stereocenters. The van der Waals surface area contributed by atoms with Crippen LogP contribution in [0.2, 0.25) is 0 Å². The molecule has 94 valence electrons. The molecule has 7 heteroatoms. The zero-order chi connectivity index (χ0) is 13.3. The van der Waals surface area contributed by atoms with Gasteiger partial charge in [0.1, 0.15) is 6.33 Å². The van der Waals surface area contributed by atoms with E-state index < -0.39 is 5.97 Å². The molecule has 2 heterocycles. The zero-order valence-electron chi connectivity index (χ0n) is 9.97. The van der Waals surface area contributed by atoms with E-state index in [1.54, 1.807) is 6.92 Å². The van der Waals surface area contributed by atoms with Crippen molar-refractivity contribution in [2.45, 2.75) is 20.3 Å². The fourth-order valence-corrected chi connectivity index (χ4v) is 1.68. The first-order valence-electron chi connectivity index (χ1n) is 5.40. The third-order valence-electron chi connectivity index (χ3n) is 2.61. The van der Waals surface area contributed by atoms with Crippen molar-refractivity contribution in [1.29, 1.82) is 0 Å². The summed E-state index contributed by atoms with van der Waals surface area (Å²) in [6, 6.07) is 0. The molecule has 18 heavy (non-hydrogen) atoms. The fraction of sp³-hybridized carbons (Fsp3) is 0.273. The highest BCUT2D eigenvalue weighted by Gasteiger charge is 2.11. The van der Waals surface area contributed by atoms with E-state index in [0.717, 1.165) is 0 Å². The minimum Gasteiger partial charge on any atom is -0.476 e. The van der Waals surface area contributed by atoms with Crippen LogP contribution < -0.4 is 5.56 Å². The average Bonchev–Trinajstić information content (AvgIpc) is 2.77. The van der Waals surface area contributed by atoms with Crippen LogP contribution in [-0.2, 0) is 6.42 Å². The van der Waals surface area contributed by atoms with Crippen molar-refractivity contribution in [3.05, 3.63) is 39.8 Å². The summed E-state index contributed by atoms with van der Waals surface area (Å²) in [5.41, 5.74) is 0.930. The maximum atomic E-state index is 11.8. The Morgan fingerprint density at radius 1 is 1.56 bits per heavy atom. The number of aryl methyl sites for hydroxylation is 1. The highest BCUT2D eigenvalue weighted by Crippen LogP contribution is 2.05. The minimum atomic E-state index is -1.13. The molecule has 0 fully saturated rings. The van der Waals surface area contributed by atoms with Crippen molar-refractivity contribution in [2.24, 2.45) is 0 Å². The number of H-pyrrole nitrogens is 1. The van der Waals surface area contributed by atoms with Crippen LogP contribution in [0.25, 0.3) is 5.95 Å². The number of nitrogens with one attached hydrogen (secondary N) is 1. The standard InChI is InChI=1S/C11H12N4O3/c1-3-7-6(2)13-11(14-9(7)16)15-4-8(10(17)18)12-5-15/h4-5H,3H2,1-2H3,(H,17,18)(H,13,14,16). The second kappa shape index (κ2) is 4.44. The van der Waals surface area contributed by atoms with Crippen molar-refractivity contribution in [3.63, 3.8) is 0 Å². The van der Waals surface area contributed by atoms with Gasteiger partial charge in [-0.15, -0.1) is 0 Å². The van der Waals surface area contributed by atoms with Gasteiger partial charge in [0.2, 0.25) is 5.95 Å². The number of hydrogen-bond donors (Lipinski definition) is 2. The number of carboxylic acids is 1. The molecule has 0 unspecified atom stereocenters. The number of aromatic nitrogens is 4. The Balaban J connectivity index is 2.51. The number of nitrogens with zero attached hydrogens (tertiary/aromatic N) is 3. The van der Waals surface area contributed by atoms with Crippen LogP contribution in [0.4, 0.5) is 0 Å². The molecule has 0 saturated heterocycles. The quantitative estimate of drug-likeness (QED) is 0.824. The first-order valence-corrected chi connectivity index (χ1v) is 5.40. The molecule has 0 bridgehead atoms. The third kappa shape index (κ3) is 2.02. The van der Waals surface area contributed by atoms with Crippen LogP contribution in [0, 0.1) is 6.92 Å². The number of aromatic amines is 1. The van der Waals surface area contributed by atoms with Crippen LogP contribution in [-0.4, -0.2) is 30.6 Å². The second-order valence-corrected chi connectivity index (χ2v) is 3.78. The third-order valence-corrected chi connectivity index (χ3v) is 2.61. The van der Waals surface area contributed by atoms with Gasteiger partial charge in [-0.2, -0.15) is 0 Å². The largest absolute Gasteiger partial charge is 0.476 e. The Labute approximate surface area is 102 Å². The van der Waals surface area contributed by atoms with Gasteiger partial charge in [-0.3, -0.25) is 14.3 Å². The molecule has 2 aromatic heterocycles. The summed E-state index contributed by atoms with van der Waals surface area (Å²) in [5, 5.41) is 8.77. The molecule has 0 spiro atoms. The SMILES string of the molecule is CCc1c(C)nc(-n2cnc(C(=O)O)c2)[nH]c1=O. The molecule has 0 radical (unpaired) electrons. The summed E-state index contributed by atoms with van der Waals surface area (Å²) in [5.74, 6) is -0.868.